The van der Waals surface area contributed by atoms with Gasteiger partial charge in [-0.1, -0.05) is 16.3 Å². The molecule has 1 heterocycles. The number of carbonyl (C=O) groups is 1. The summed E-state index contributed by atoms with van der Waals surface area (Å²) in [5.74, 6) is 0.824. The number of ether oxygens (including phenoxy) is 1. The van der Waals surface area contributed by atoms with Gasteiger partial charge in [0.15, 0.2) is 7.05 Å². The Hall–Kier alpha value is -1.93. The molecule has 0 saturated carbocycles. The molecule has 0 aliphatic carbocycles. The summed E-state index contributed by atoms with van der Waals surface area (Å²) in [4.78, 5) is 23.2. The van der Waals surface area contributed by atoms with Crippen LogP contribution in [-0.4, -0.2) is 24.0 Å². The minimum absolute atomic E-state index is 0.170. The van der Waals surface area contributed by atoms with Crippen molar-refractivity contribution >= 4 is 35.0 Å². The number of hydrogen-bond donors (Lipinski definition) is 2. The van der Waals surface area contributed by atoms with Gasteiger partial charge in [0.05, 0.1) is 12.1 Å². The number of aromatic amines is 1. The van der Waals surface area contributed by atoms with E-state index >= 15 is 0 Å². The molecule has 0 bridgehead atoms. The van der Waals surface area contributed by atoms with Crippen LogP contribution in [0.25, 0.3) is 0 Å². The number of anilines is 1. The fourth-order valence-electron chi connectivity index (χ4n) is 1.70. The average Bonchev–Trinajstić information content (AvgIpc) is 2.79. The number of aromatic nitrogens is 2. The molecule has 9 heteroatoms. The number of H-pyrrole nitrogens is 1. The molecule has 7 nitrogen and oxygen atoms in total. The van der Waals surface area contributed by atoms with E-state index in [0.29, 0.717) is 27.2 Å². The summed E-state index contributed by atoms with van der Waals surface area (Å²) in [6, 6.07) is 5.00. The molecule has 22 heavy (non-hydrogen) atoms. The van der Waals surface area contributed by atoms with E-state index in [1.165, 1.54) is 23.6 Å². The van der Waals surface area contributed by atoms with Crippen LogP contribution >= 0.6 is 23.4 Å². The molecule has 0 saturated heterocycles. The summed E-state index contributed by atoms with van der Waals surface area (Å²) < 4.78 is 11.1. The van der Waals surface area contributed by atoms with E-state index in [0.717, 1.165) is 0 Å². The first-order chi connectivity index (χ1) is 10.5. The second kappa shape index (κ2) is 7.37. The Morgan fingerprint density at radius 3 is 2.91 bits per heavy atom. The van der Waals surface area contributed by atoms with Crippen molar-refractivity contribution in [1.29, 1.82) is 0 Å². The second-order valence-electron chi connectivity index (χ2n) is 4.34. The molecule has 118 valence electrons. The summed E-state index contributed by atoms with van der Waals surface area (Å²) in [7, 11) is 3.18. The fraction of sp³-hybridized carbons (Fsp3) is 0.308. The van der Waals surface area contributed by atoms with Crippen molar-refractivity contribution in [2.45, 2.75) is 11.4 Å². The van der Waals surface area contributed by atoms with Crippen molar-refractivity contribution in [3.05, 3.63) is 33.6 Å². The number of benzene rings is 1. The minimum Gasteiger partial charge on any atom is -0.495 e. The fourth-order valence-corrected chi connectivity index (χ4v) is 2.82. The molecule has 0 aliphatic heterocycles. The normalized spacial score (nSPS) is 10.5. The van der Waals surface area contributed by atoms with E-state index in [4.69, 9.17) is 16.3 Å². The number of halogens is 1. The summed E-state index contributed by atoms with van der Waals surface area (Å²) in [5.41, 5.74) is 0.141. The lowest BCUT2D eigenvalue weighted by atomic mass is 10.3. The third kappa shape index (κ3) is 4.05. The summed E-state index contributed by atoms with van der Waals surface area (Å²) >= 11 is 7.23. The minimum atomic E-state index is -0.449. The van der Waals surface area contributed by atoms with E-state index in [1.54, 1.807) is 25.2 Å². The van der Waals surface area contributed by atoms with Gasteiger partial charge in [-0.05, 0) is 35.2 Å². The molecule has 0 spiro atoms. The Morgan fingerprint density at radius 1 is 1.55 bits per heavy atom. The van der Waals surface area contributed by atoms with Crippen LogP contribution < -0.4 is 20.4 Å². The van der Waals surface area contributed by atoms with Crippen LogP contribution in [0.15, 0.2) is 32.5 Å². The first-order valence-corrected chi connectivity index (χ1v) is 7.71. The maximum Gasteiger partial charge on any atom is 0.441 e. The van der Waals surface area contributed by atoms with Crippen LogP contribution in [-0.2, 0) is 11.8 Å². The van der Waals surface area contributed by atoms with Gasteiger partial charge < -0.3 is 10.1 Å². The summed E-state index contributed by atoms with van der Waals surface area (Å²) in [5, 5.41) is 5.99. The largest absolute Gasteiger partial charge is 0.495 e. The van der Waals surface area contributed by atoms with Crippen molar-refractivity contribution in [2.75, 3.05) is 18.2 Å². The Morgan fingerprint density at radius 2 is 2.32 bits per heavy atom. The van der Waals surface area contributed by atoms with Crippen molar-refractivity contribution in [3.8, 4) is 5.75 Å². The summed E-state index contributed by atoms with van der Waals surface area (Å²) in [6.07, 6.45) is 0.249. The highest BCUT2D eigenvalue weighted by Crippen LogP contribution is 2.27. The highest BCUT2D eigenvalue weighted by molar-refractivity contribution is 7.99. The van der Waals surface area contributed by atoms with Crippen LogP contribution in [0.1, 0.15) is 6.42 Å². The Balaban J connectivity index is 1.86. The maximum atomic E-state index is 11.9. The molecule has 0 radical (unpaired) electrons. The van der Waals surface area contributed by atoms with E-state index < -0.39 is 5.63 Å². The van der Waals surface area contributed by atoms with E-state index in [9.17, 15) is 9.59 Å². The molecule has 0 atom stereocenters. The zero-order chi connectivity index (χ0) is 16.1. The SMILES string of the molecule is COc1ccc(NC(=O)CCSc2c(=O)o[nH][n+]2C)cc1Cl. The number of thioether (sulfide) groups is 1. The Bertz CT molecular complexity index is 728. The summed E-state index contributed by atoms with van der Waals surface area (Å²) in [6.45, 7) is 0. The van der Waals surface area contributed by atoms with Gasteiger partial charge in [-0.25, -0.2) is 4.79 Å². The van der Waals surface area contributed by atoms with Gasteiger partial charge in [0.1, 0.15) is 5.75 Å². The quantitative estimate of drug-likeness (QED) is 0.613. The first kappa shape index (κ1) is 16.4. The maximum absolute atomic E-state index is 11.9. The van der Waals surface area contributed by atoms with E-state index in [-0.39, 0.29) is 12.3 Å². The molecule has 0 unspecified atom stereocenters. The predicted molar refractivity (Wildman–Crippen MR) is 82.5 cm³/mol. The molecule has 2 rings (SSSR count). The predicted octanol–water partition coefficient (Wildman–Crippen LogP) is 1.58. The lowest BCUT2D eigenvalue weighted by Gasteiger charge is -2.07. The standard InChI is InChI=1S/C13H14ClN3O4S/c1-17-12(13(19)21-16-17)22-6-5-11(18)15-8-3-4-10(20-2)9(14)7-8/h3-4,7H,5-6H2,1-2H3,(H-,15,16,18,19)/p+1. The van der Waals surface area contributed by atoms with Gasteiger partial charge in [0.2, 0.25) is 5.91 Å². The van der Waals surface area contributed by atoms with Gasteiger partial charge in [-0.3, -0.25) is 9.32 Å². The lowest BCUT2D eigenvalue weighted by Crippen LogP contribution is -2.33. The zero-order valence-electron chi connectivity index (χ0n) is 12.0. The number of carbonyl (C=O) groups excluding carboxylic acids is 1. The zero-order valence-corrected chi connectivity index (χ0v) is 13.6. The van der Waals surface area contributed by atoms with Crippen LogP contribution in [0, 0.1) is 0 Å². The molecule has 2 N–H and O–H groups in total. The second-order valence-corrected chi connectivity index (χ2v) is 5.83. The molecule has 1 aromatic heterocycles. The number of nitrogens with zero attached hydrogens (tertiary/aromatic N) is 1. The van der Waals surface area contributed by atoms with Crippen LogP contribution in [0.3, 0.4) is 0 Å². The molecule has 0 fully saturated rings. The average molecular weight is 345 g/mol. The van der Waals surface area contributed by atoms with Gasteiger partial charge in [0, 0.05) is 17.9 Å². The molecule has 1 amide bonds. The van der Waals surface area contributed by atoms with Gasteiger partial charge in [0.25, 0.3) is 0 Å². The number of nitrogens with one attached hydrogen (secondary N) is 2. The molecular weight excluding hydrogens is 330 g/mol. The van der Waals surface area contributed by atoms with Crippen molar-refractivity contribution in [3.63, 3.8) is 0 Å². The third-order valence-corrected chi connectivity index (χ3v) is 4.18. The van der Waals surface area contributed by atoms with E-state index in [2.05, 4.69) is 15.1 Å². The Kier molecular flexibility index (Phi) is 5.51. The van der Waals surface area contributed by atoms with Crippen LogP contribution in [0.4, 0.5) is 5.69 Å². The lowest BCUT2D eigenvalue weighted by molar-refractivity contribution is -0.772. The molecule has 0 aliphatic rings. The van der Waals surface area contributed by atoms with Gasteiger partial charge in [-0.2, -0.15) is 0 Å². The molecule has 1 aromatic carbocycles. The smallest absolute Gasteiger partial charge is 0.441 e. The number of hydrogen-bond acceptors (Lipinski definition) is 5. The first-order valence-electron chi connectivity index (χ1n) is 6.35. The number of methoxy groups -OCH3 is 1. The highest BCUT2D eigenvalue weighted by Gasteiger charge is 2.18. The third-order valence-electron chi connectivity index (χ3n) is 2.76. The number of rotatable bonds is 6. The van der Waals surface area contributed by atoms with Crippen LogP contribution in [0.5, 0.6) is 5.75 Å². The number of aryl methyl sites for hydroxylation is 1. The van der Waals surface area contributed by atoms with Gasteiger partial charge in [-0.15, -0.1) is 0 Å². The van der Waals surface area contributed by atoms with Gasteiger partial charge >= 0.3 is 10.7 Å². The van der Waals surface area contributed by atoms with Crippen molar-refractivity contribution in [1.82, 2.24) is 5.27 Å². The Labute approximate surface area is 135 Å². The topological polar surface area (TPSA) is 88.2 Å². The monoisotopic (exact) mass is 344 g/mol. The highest BCUT2D eigenvalue weighted by atomic mass is 35.5. The van der Waals surface area contributed by atoms with Crippen LogP contribution in [0.2, 0.25) is 5.02 Å². The van der Waals surface area contributed by atoms with Crippen molar-refractivity contribution in [2.24, 2.45) is 7.05 Å². The van der Waals surface area contributed by atoms with E-state index in [1.807, 2.05) is 0 Å². The molecular formula is C13H15ClN3O4S+. The number of amides is 1. The van der Waals surface area contributed by atoms with Crippen molar-refractivity contribution < 1.29 is 18.7 Å². The molecule has 2 aromatic rings.